The molecule has 4 N–H and O–H groups in total. The highest BCUT2D eigenvalue weighted by Gasteiger charge is 2.33. The van der Waals surface area contributed by atoms with Gasteiger partial charge in [0, 0.05) is 18.4 Å². The van der Waals surface area contributed by atoms with Crippen molar-refractivity contribution < 1.29 is 4.79 Å². The zero-order valence-electron chi connectivity index (χ0n) is 12.9. The summed E-state index contributed by atoms with van der Waals surface area (Å²) in [5.41, 5.74) is 8.08. The molecule has 0 saturated heterocycles. The van der Waals surface area contributed by atoms with Gasteiger partial charge in [-0.3, -0.25) is 9.89 Å². The molecule has 1 aromatic carbocycles. The van der Waals surface area contributed by atoms with Crippen molar-refractivity contribution >= 4 is 24.0 Å². The number of carbonyl (C=O) groups excluding carboxylic acids is 1. The molecule has 0 aliphatic rings. The lowest BCUT2D eigenvalue weighted by Gasteiger charge is -2.28. The maximum Gasteiger partial charge on any atom is 0.231 e. The zero-order chi connectivity index (χ0) is 15.3. The highest BCUT2D eigenvalue weighted by molar-refractivity contribution is 5.95. The van der Waals surface area contributed by atoms with E-state index in [2.05, 4.69) is 15.5 Å². The van der Waals surface area contributed by atoms with Crippen molar-refractivity contribution in [1.29, 1.82) is 0 Å². The van der Waals surface area contributed by atoms with E-state index in [1.54, 1.807) is 6.20 Å². The number of aromatic nitrogens is 2. The Bertz CT molecular complexity index is 568. The first kappa shape index (κ1) is 18.2. The molecule has 2 rings (SSSR count). The van der Waals surface area contributed by atoms with E-state index in [0.717, 1.165) is 29.8 Å². The maximum atomic E-state index is 12.4. The molecule has 0 spiro atoms. The van der Waals surface area contributed by atoms with Gasteiger partial charge in [0.05, 0.1) is 11.1 Å². The van der Waals surface area contributed by atoms with Gasteiger partial charge in [-0.2, -0.15) is 5.10 Å². The first-order chi connectivity index (χ1) is 10.1. The second kappa shape index (κ2) is 7.96. The van der Waals surface area contributed by atoms with E-state index < -0.39 is 5.41 Å². The minimum absolute atomic E-state index is 0. The van der Waals surface area contributed by atoms with Crippen molar-refractivity contribution in [3.05, 3.63) is 36.5 Å². The Labute approximate surface area is 137 Å². The number of benzene rings is 1. The second-order valence-corrected chi connectivity index (χ2v) is 5.19. The van der Waals surface area contributed by atoms with Crippen molar-refractivity contribution in [3.8, 4) is 11.3 Å². The summed E-state index contributed by atoms with van der Waals surface area (Å²) in [5.74, 6) is -0.00992. The van der Waals surface area contributed by atoms with Crippen LogP contribution in [0.5, 0.6) is 0 Å². The van der Waals surface area contributed by atoms with Crippen LogP contribution in [0.2, 0.25) is 0 Å². The molecule has 6 heteroatoms. The van der Waals surface area contributed by atoms with Gasteiger partial charge in [0.1, 0.15) is 0 Å². The van der Waals surface area contributed by atoms with Gasteiger partial charge < -0.3 is 11.1 Å². The van der Waals surface area contributed by atoms with Gasteiger partial charge >= 0.3 is 0 Å². The van der Waals surface area contributed by atoms with Gasteiger partial charge in [0.25, 0.3) is 0 Å². The lowest BCUT2D eigenvalue weighted by atomic mass is 9.81. The Kier molecular flexibility index (Phi) is 6.59. The summed E-state index contributed by atoms with van der Waals surface area (Å²) in [7, 11) is 0. The van der Waals surface area contributed by atoms with E-state index >= 15 is 0 Å². The third-order valence-corrected chi connectivity index (χ3v) is 4.18. The quantitative estimate of drug-likeness (QED) is 0.763. The van der Waals surface area contributed by atoms with Gasteiger partial charge in [-0.05, 0) is 36.6 Å². The smallest absolute Gasteiger partial charge is 0.231 e. The summed E-state index contributed by atoms with van der Waals surface area (Å²) < 4.78 is 0. The summed E-state index contributed by atoms with van der Waals surface area (Å²) in [6.07, 6.45) is 3.18. The van der Waals surface area contributed by atoms with Crippen LogP contribution in [0.15, 0.2) is 36.5 Å². The van der Waals surface area contributed by atoms with E-state index in [-0.39, 0.29) is 18.3 Å². The Balaban J connectivity index is 0.00000242. The third kappa shape index (κ3) is 3.67. The number of anilines is 1. The minimum Gasteiger partial charge on any atom is -0.329 e. The zero-order valence-corrected chi connectivity index (χ0v) is 13.7. The maximum absolute atomic E-state index is 12.4. The number of nitrogens with zero attached hydrogens (tertiary/aromatic N) is 1. The normalized spacial score (nSPS) is 10.9. The van der Waals surface area contributed by atoms with Gasteiger partial charge in [-0.15, -0.1) is 12.4 Å². The van der Waals surface area contributed by atoms with Crippen molar-refractivity contribution in [2.24, 2.45) is 11.1 Å². The van der Waals surface area contributed by atoms with Crippen LogP contribution < -0.4 is 11.1 Å². The summed E-state index contributed by atoms with van der Waals surface area (Å²) in [6.45, 7) is 4.35. The number of hydrogen-bond acceptors (Lipinski definition) is 3. The first-order valence-corrected chi connectivity index (χ1v) is 7.26. The molecule has 1 aromatic heterocycles. The van der Waals surface area contributed by atoms with Gasteiger partial charge in [-0.25, -0.2) is 0 Å². The summed E-state index contributed by atoms with van der Waals surface area (Å²) in [4.78, 5) is 12.4. The van der Waals surface area contributed by atoms with Crippen molar-refractivity contribution in [2.75, 3.05) is 11.9 Å². The van der Waals surface area contributed by atoms with Crippen LogP contribution in [0.3, 0.4) is 0 Å². The minimum atomic E-state index is -0.484. The summed E-state index contributed by atoms with van der Waals surface area (Å²) in [5, 5.41) is 9.80. The topological polar surface area (TPSA) is 83.8 Å². The molecule has 22 heavy (non-hydrogen) atoms. The molecule has 0 atom stereocenters. The number of aromatic amines is 1. The van der Waals surface area contributed by atoms with Crippen LogP contribution in [0.4, 0.5) is 5.69 Å². The monoisotopic (exact) mass is 322 g/mol. The van der Waals surface area contributed by atoms with Crippen LogP contribution in [-0.2, 0) is 4.79 Å². The van der Waals surface area contributed by atoms with Crippen LogP contribution in [0.1, 0.15) is 26.7 Å². The third-order valence-electron chi connectivity index (χ3n) is 4.18. The second-order valence-electron chi connectivity index (χ2n) is 5.19. The van der Waals surface area contributed by atoms with E-state index in [1.807, 2.05) is 44.2 Å². The van der Waals surface area contributed by atoms with Crippen LogP contribution in [-0.4, -0.2) is 22.6 Å². The first-order valence-electron chi connectivity index (χ1n) is 7.26. The predicted molar refractivity (Wildman–Crippen MR) is 92.0 cm³/mol. The molecule has 0 saturated carbocycles. The fourth-order valence-corrected chi connectivity index (χ4v) is 2.37. The molecule has 0 fully saturated rings. The largest absolute Gasteiger partial charge is 0.329 e. The highest BCUT2D eigenvalue weighted by Crippen LogP contribution is 2.27. The summed E-state index contributed by atoms with van der Waals surface area (Å²) in [6, 6.07) is 9.58. The summed E-state index contributed by atoms with van der Waals surface area (Å²) >= 11 is 0. The van der Waals surface area contributed by atoms with E-state index in [9.17, 15) is 4.79 Å². The average Bonchev–Trinajstić information content (AvgIpc) is 3.05. The number of halogens is 1. The number of hydrogen-bond donors (Lipinski definition) is 3. The van der Waals surface area contributed by atoms with Crippen LogP contribution in [0, 0.1) is 5.41 Å². The average molecular weight is 323 g/mol. The molecule has 5 nitrogen and oxygen atoms in total. The standard InChI is InChI=1S/C16H22N4O.ClH/c1-3-16(4-2,11-17)15(21)19-13-7-5-12(6-8-13)14-9-10-18-20-14;/h5-10H,3-4,11,17H2,1-2H3,(H,18,20)(H,19,21);1H. The van der Waals surface area contributed by atoms with Crippen molar-refractivity contribution in [3.63, 3.8) is 0 Å². The fourth-order valence-electron chi connectivity index (χ4n) is 2.37. The predicted octanol–water partition coefficient (Wildman–Crippen LogP) is 3.20. The molecule has 1 amide bonds. The Hall–Kier alpha value is -1.85. The number of nitrogens with one attached hydrogen (secondary N) is 2. The highest BCUT2D eigenvalue weighted by atomic mass is 35.5. The van der Waals surface area contributed by atoms with Gasteiger partial charge in [0.2, 0.25) is 5.91 Å². The molecule has 0 unspecified atom stereocenters. The fraction of sp³-hybridized carbons (Fsp3) is 0.375. The molecule has 0 aliphatic heterocycles. The molecule has 2 aromatic rings. The molecule has 0 bridgehead atoms. The van der Waals surface area contributed by atoms with Gasteiger partial charge in [-0.1, -0.05) is 26.0 Å². The Morgan fingerprint density at radius 3 is 2.32 bits per heavy atom. The Morgan fingerprint density at radius 2 is 1.86 bits per heavy atom. The molecular formula is C16H23ClN4O. The lowest BCUT2D eigenvalue weighted by molar-refractivity contribution is -0.125. The Morgan fingerprint density at radius 1 is 1.23 bits per heavy atom. The van der Waals surface area contributed by atoms with E-state index in [0.29, 0.717) is 6.54 Å². The van der Waals surface area contributed by atoms with Crippen molar-refractivity contribution in [1.82, 2.24) is 10.2 Å². The molecule has 0 radical (unpaired) electrons. The number of H-pyrrole nitrogens is 1. The molecular weight excluding hydrogens is 300 g/mol. The molecule has 1 heterocycles. The van der Waals surface area contributed by atoms with E-state index in [1.165, 1.54) is 0 Å². The number of carbonyl (C=O) groups is 1. The molecule has 0 aliphatic carbocycles. The molecule has 120 valence electrons. The van der Waals surface area contributed by atoms with Gasteiger partial charge in [0.15, 0.2) is 0 Å². The number of amides is 1. The number of nitrogens with two attached hydrogens (primary N) is 1. The van der Waals surface area contributed by atoms with Crippen molar-refractivity contribution in [2.45, 2.75) is 26.7 Å². The SMILES string of the molecule is CCC(CC)(CN)C(=O)Nc1ccc(-c2ccn[nH]2)cc1.Cl. The lowest BCUT2D eigenvalue weighted by Crippen LogP contribution is -2.41. The van der Waals surface area contributed by atoms with E-state index in [4.69, 9.17) is 5.73 Å². The van der Waals surface area contributed by atoms with Crippen LogP contribution >= 0.6 is 12.4 Å². The number of rotatable bonds is 6. The van der Waals surface area contributed by atoms with Crippen LogP contribution in [0.25, 0.3) is 11.3 Å².